The van der Waals surface area contributed by atoms with E-state index in [4.69, 9.17) is 4.74 Å². The third-order valence-corrected chi connectivity index (χ3v) is 7.52. The first-order valence-corrected chi connectivity index (χ1v) is 13.1. The molecule has 1 unspecified atom stereocenters. The van der Waals surface area contributed by atoms with E-state index < -0.39 is 0 Å². The first kappa shape index (κ1) is 24.9. The second kappa shape index (κ2) is 11.5. The summed E-state index contributed by atoms with van der Waals surface area (Å²) in [7, 11) is 1.70. The van der Waals surface area contributed by atoms with Gasteiger partial charge >= 0.3 is 0 Å². The molecule has 182 valence electrons. The maximum atomic E-state index is 14.9. The van der Waals surface area contributed by atoms with E-state index in [2.05, 4.69) is 39.6 Å². The summed E-state index contributed by atoms with van der Waals surface area (Å²) < 4.78 is 23.4. The summed E-state index contributed by atoms with van der Waals surface area (Å²) in [6.07, 6.45) is 5.14. The van der Waals surface area contributed by atoms with Gasteiger partial charge in [0.1, 0.15) is 5.82 Å². The van der Waals surface area contributed by atoms with Gasteiger partial charge < -0.3 is 14.2 Å². The lowest BCUT2D eigenvalue weighted by atomic mass is 9.91. The van der Waals surface area contributed by atoms with Gasteiger partial charge in [-0.25, -0.2) is 4.39 Å². The van der Waals surface area contributed by atoms with Crippen molar-refractivity contribution >= 4 is 32.7 Å². The zero-order chi connectivity index (χ0) is 24.1. The molecule has 1 amide bonds. The van der Waals surface area contributed by atoms with Gasteiger partial charge in [-0.15, -0.1) is 0 Å². The normalized spacial score (nSPS) is 16.4. The van der Waals surface area contributed by atoms with Crippen LogP contribution in [-0.4, -0.2) is 42.2 Å². The quantitative estimate of drug-likeness (QED) is 0.292. The van der Waals surface area contributed by atoms with Crippen LogP contribution in [0.25, 0.3) is 10.9 Å². The van der Waals surface area contributed by atoms with Crippen molar-refractivity contribution < 1.29 is 13.9 Å². The third-order valence-electron chi connectivity index (χ3n) is 7.00. The van der Waals surface area contributed by atoms with Gasteiger partial charge in [0.05, 0.1) is 5.52 Å². The summed E-state index contributed by atoms with van der Waals surface area (Å²) in [5.41, 5.74) is 4.26. The van der Waals surface area contributed by atoms with Crippen LogP contribution in [-0.2, 0) is 22.5 Å². The molecule has 0 saturated carbocycles. The van der Waals surface area contributed by atoms with Gasteiger partial charge in [-0.3, -0.25) is 4.79 Å². The fourth-order valence-corrected chi connectivity index (χ4v) is 5.62. The molecule has 0 aliphatic carbocycles. The first-order valence-electron chi connectivity index (χ1n) is 12.3. The monoisotopic (exact) mass is 528 g/mol. The minimum absolute atomic E-state index is 0.180. The molecular formula is C28H34BrFN2O2. The Kier molecular flexibility index (Phi) is 8.43. The Balaban J connectivity index is 1.48. The molecule has 2 aromatic carbocycles. The molecule has 1 aliphatic rings. The molecule has 1 aliphatic heterocycles. The number of nitrogens with zero attached hydrogens (tertiary/aromatic N) is 2. The van der Waals surface area contributed by atoms with E-state index in [0.29, 0.717) is 31.6 Å². The average molecular weight is 529 g/mol. The Bertz CT molecular complexity index is 1130. The van der Waals surface area contributed by atoms with E-state index in [1.54, 1.807) is 19.2 Å². The summed E-state index contributed by atoms with van der Waals surface area (Å²) in [5, 5.41) is 0.977. The van der Waals surface area contributed by atoms with Crippen LogP contribution >= 0.6 is 15.9 Å². The number of amides is 1. The van der Waals surface area contributed by atoms with Crippen molar-refractivity contribution in [3.63, 3.8) is 0 Å². The van der Waals surface area contributed by atoms with Gasteiger partial charge in [0.25, 0.3) is 0 Å². The molecule has 1 atom stereocenters. The van der Waals surface area contributed by atoms with Crippen LogP contribution in [0.3, 0.4) is 0 Å². The molecule has 1 fully saturated rings. The lowest BCUT2D eigenvalue weighted by molar-refractivity contribution is -0.132. The molecule has 2 heterocycles. The molecule has 0 radical (unpaired) electrons. The number of aryl methyl sites for hydroxylation is 3. The standard InChI is InChI=1S/C28H34BrFN2O2/c1-20-24-9-4-10-25(30)28(24)32(17-6-18-34-2)27(20)22-8-5-16-31(19-22)26(33)11-3-7-21-12-14-23(29)15-13-21/h4,9-10,12-15,22H,3,5-8,11,16-19H2,1-2H3. The van der Waals surface area contributed by atoms with Crippen LogP contribution in [0.15, 0.2) is 46.9 Å². The molecule has 4 rings (SSSR count). The second-order valence-electron chi connectivity index (χ2n) is 9.30. The second-order valence-corrected chi connectivity index (χ2v) is 10.2. The molecule has 3 aromatic rings. The lowest BCUT2D eigenvalue weighted by Crippen LogP contribution is -2.39. The van der Waals surface area contributed by atoms with Crippen molar-refractivity contribution in [2.75, 3.05) is 26.8 Å². The van der Waals surface area contributed by atoms with Gasteiger partial charge in [0.2, 0.25) is 5.91 Å². The largest absolute Gasteiger partial charge is 0.385 e. The summed E-state index contributed by atoms with van der Waals surface area (Å²) in [6.45, 7) is 4.97. The van der Waals surface area contributed by atoms with E-state index in [1.165, 1.54) is 11.3 Å². The Morgan fingerprint density at radius 1 is 1.18 bits per heavy atom. The van der Waals surface area contributed by atoms with Crippen molar-refractivity contribution in [2.45, 2.75) is 57.9 Å². The van der Waals surface area contributed by atoms with Crippen molar-refractivity contribution in [1.29, 1.82) is 0 Å². The van der Waals surface area contributed by atoms with Crippen molar-refractivity contribution in [1.82, 2.24) is 9.47 Å². The summed E-state index contributed by atoms with van der Waals surface area (Å²) in [4.78, 5) is 15.1. The number of fused-ring (bicyclic) bond motifs is 1. The van der Waals surface area contributed by atoms with Crippen molar-refractivity contribution in [3.8, 4) is 0 Å². The number of aromatic nitrogens is 1. The molecule has 34 heavy (non-hydrogen) atoms. The molecule has 6 heteroatoms. The van der Waals surface area contributed by atoms with Crippen LogP contribution in [0.5, 0.6) is 0 Å². The predicted octanol–water partition coefficient (Wildman–Crippen LogP) is 6.62. The van der Waals surface area contributed by atoms with Gasteiger partial charge in [0.15, 0.2) is 0 Å². The fraction of sp³-hybridized carbons (Fsp3) is 0.464. The Hall–Kier alpha value is -2.18. The summed E-state index contributed by atoms with van der Waals surface area (Å²) in [5.74, 6) is 0.271. The number of benzene rings is 2. The highest BCUT2D eigenvalue weighted by atomic mass is 79.9. The highest BCUT2D eigenvalue weighted by Gasteiger charge is 2.29. The molecule has 0 bridgehead atoms. The van der Waals surface area contributed by atoms with E-state index in [0.717, 1.165) is 54.1 Å². The van der Waals surface area contributed by atoms with Crippen LogP contribution in [0, 0.1) is 12.7 Å². The number of hydrogen-bond donors (Lipinski definition) is 0. The van der Waals surface area contributed by atoms with E-state index in [1.807, 2.05) is 23.1 Å². The Morgan fingerprint density at radius 3 is 2.74 bits per heavy atom. The molecular weight excluding hydrogens is 495 g/mol. The third kappa shape index (κ3) is 5.55. The molecule has 1 saturated heterocycles. The van der Waals surface area contributed by atoms with Gasteiger partial charge in [-0.2, -0.15) is 0 Å². The number of carbonyl (C=O) groups is 1. The van der Waals surface area contributed by atoms with Gasteiger partial charge in [-0.05, 0) is 68.4 Å². The minimum atomic E-state index is -0.180. The maximum absolute atomic E-state index is 14.9. The smallest absolute Gasteiger partial charge is 0.222 e. The lowest BCUT2D eigenvalue weighted by Gasteiger charge is -2.34. The average Bonchev–Trinajstić information content (AvgIpc) is 3.13. The minimum Gasteiger partial charge on any atom is -0.385 e. The Morgan fingerprint density at radius 2 is 1.97 bits per heavy atom. The zero-order valence-electron chi connectivity index (χ0n) is 20.2. The highest BCUT2D eigenvalue weighted by molar-refractivity contribution is 9.10. The number of para-hydroxylation sites is 1. The summed E-state index contributed by atoms with van der Waals surface area (Å²) >= 11 is 3.47. The van der Waals surface area contributed by atoms with Crippen LogP contribution in [0.1, 0.15) is 54.8 Å². The zero-order valence-corrected chi connectivity index (χ0v) is 21.7. The predicted molar refractivity (Wildman–Crippen MR) is 139 cm³/mol. The highest BCUT2D eigenvalue weighted by Crippen LogP contribution is 2.36. The van der Waals surface area contributed by atoms with Crippen LogP contribution in [0.2, 0.25) is 0 Å². The number of likely N-dealkylation sites (tertiary alicyclic amines) is 1. The number of rotatable bonds is 9. The van der Waals surface area contributed by atoms with Crippen molar-refractivity contribution in [3.05, 3.63) is 69.6 Å². The topological polar surface area (TPSA) is 34.5 Å². The van der Waals surface area contributed by atoms with E-state index in [-0.39, 0.29) is 17.6 Å². The number of halogens is 2. The first-order chi connectivity index (χ1) is 16.5. The van der Waals surface area contributed by atoms with Crippen LogP contribution < -0.4 is 0 Å². The molecule has 0 spiro atoms. The van der Waals surface area contributed by atoms with E-state index >= 15 is 0 Å². The SMILES string of the molecule is COCCCn1c(C2CCCN(C(=O)CCCc3ccc(Br)cc3)C2)c(C)c2cccc(F)c21. The Labute approximate surface area is 210 Å². The number of ether oxygens (including phenoxy) is 1. The van der Waals surface area contributed by atoms with Crippen LogP contribution in [0.4, 0.5) is 4.39 Å². The summed E-state index contributed by atoms with van der Waals surface area (Å²) in [6, 6.07) is 13.6. The molecule has 1 aromatic heterocycles. The molecule has 4 nitrogen and oxygen atoms in total. The van der Waals surface area contributed by atoms with Gasteiger partial charge in [0, 0.05) is 61.2 Å². The fourth-order valence-electron chi connectivity index (χ4n) is 5.36. The number of methoxy groups -OCH3 is 1. The van der Waals surface area contributed by atoms with Gasteiger partial charge in [-0.1, -0.05) is 40.2 Å². The maximum Gasteiger partial charge on any atom is 0.222 e. The number of piperidine rings is 1. The number of carbonyl (C=O) groups excluding carboxylic acids is 1. The molecule has 0 N–H and O–H groups in total. The van der Waals surface area contributed by atoms with Crippen molar-refractivity contribution in [2.24, 2.45) is 0 Å². The van der Waals surface area contributed by atoms with E-state index in [9.17, 15) is 9.18 Å². The number of hydrogen-bond acceptors (Lipinski definition) is 2.